The number of imidazole rings is 1. The Bertz CT molecular complexity index is 660. The quantitative estimate of drug-likeness (QED) is 0.746. The van der Waals surface area contributed by atoms with Gasteiger partial charge in [0.25, 0.3) is 0 Å². The number of hydrogen-bond donors (Lipinski definition) is 1. The predicted octanol–water partition coefficient (Wildman–Crippen LogP) is 3.56. The van der Waals surface area contributed by atoms with E-state index in [9.17, 15) is 0 Å². The third kappa shape index (κ3) is 1.97. The molecule has 0 unspecified atom stereocenters. The van der Waals surface area contributed by atoms with Crippen molar-refractivity contribution in [2.24, 2.45) is 0 Å². The third-order valence-corrected chi connectivity index (χ3v) is 2.76. The normalized spacial score (nSPS) is 10.6. The van der Waals surface area contributed by atoms with Gasteiger partial charge in [-0.05, 0) is 30.3 Å². The highest BCUT2D eigenvalue weighted by molar-refractivity contribution is 6.30. The van der Waals surface area contributed by atoms with Gasteiger partial charge in [0.15, 0.2) is 0 Å². The number of nitrogens with one attached hydrogen (secondary N) is 1. The number of rotatable bonds is 2. The van der Waals surface area contributed by atoms with Crippen molar-refractivity contribution in [2.75, 3.05) is 5.43 Å². The Hall–Kier alpha value is -2.00. The second-order valence-corrected chi connectivity index (χ2v) is 4.16. The van der Waals surface area contributed by atoms with Gasteiger partial charge >= 0.3 is 0 Å². The van der Waals surface area contributed by atoms with Gasteiger partial charge in [-0.15, -0.1) is 0 Å². The van der Waals surface area contributed by atoms with E-state index in [0.29, 0.717) is 5.02 Å². The van der Waals surface area contributed by atoms with E-state index in [1.165, 1.54) is 0 Å². The molecule has 0 amide bonds. The molecule has 0 saturated heterocycles. The summed E-state index contributed by atoms with van der Waals surface area (Å²) < 4.78 is 1.88. The van der Waals surface area contributed by atoms with E-state index in [2.05, 4.69) is 10.4 Å². The summed E-state index contributed by atoms with van der Waals surface area (Å²) in [6, 6.07) is 15.5. The topological polar surface area (TPSA) is 29.9 Å². The van der Waals surface area contributed by atoms with Gasteiger partial charge in [0.05, 0.1) is 16.7 Å². The van der Waals surface area contributed by atoms with Crippen molar-refractivity contribution >= 4 is 28.3 Å². The van der Waals surface area contributed by atoms with Crippen molar-refractivity contribution in [3.05, 3.63) is 59.9 Å². The lowest BCUT2D eigenvalue weighted by molar-refractivity contribution is 0.989. The summed E-state index contributed by atoms with van der Waals surface area (Å²) in [5.41, 5.74) is 6.16. The summed E-state index contributed by atoms with van der Waals surface area (Å²) >= 11 is 5.94. The van der Waals surface area contributed by atoms with Gasteiger partial charge in [0.1, 0.15) is 6.33 Å². The molecule has 3 nitrogen and oxygen atoms in total. The van der Waals surface area contributed by atoms with Gasteiger partial charge in [-0.1, -0.05) is 29.8 Å². The molecule has 0 spiro atoms. The van der Waals surface area contributed by atoms with Crippen LogP contribution in [0.4, 0.5) is 5.69 Å². The lowest BCUT2D eigenvalue weighted by atomic mass is 10.3. The molecule has 1 N–H and O–H groups in total. The van der Waals surface area contributed by atoms with Crippen LogP contribution in [-0.4, -0.2) is 9.66 Å². The van der Waals surface area contributed by atoms with Gasteiger partial charge in [-0.3, -0.25) is 5.43 Å². The second-order valence-electron chi connectivity index (χ2n) is 3.73. The maximum atomic E-state index is 5.94. The van der Waals surface area contributed by atoms with Crippen molar-refractivity contribution in [1.29, 1.82) is 0 Å². The van der Waals surface area contributed by atoms with E-state index in [1.807, 2.05) is 53.2 Å². The minimum Gasteiger partial charge on any atom is -0.293 e. The first-order chi connectivity index (χ1) is 8.33. The number of anilines is 1. The Kier molecular flexibility index (Phi) is 2.46. The molecular weight excluding hydrogens is 234 g/mol. The molecule has 84 valence electrons. The maximum absolute atomic E-state index is 5.94. The van der Waals surface area contributed by atoms with E-state index in [4.69, 9.17) is 11.6 Å². The number of aromatic nitrogens is 2. The van der Waals surface area contributed by atoms with Crippen LogP contribution in [0.1, 0.15) is 0 Å². The largest absolute Gasteiger partial charge is 0.293 e. The molecule has 2 aromatic carbocycles. The zero-order valence-corrected chi connectivity index (χ0v) is 9.72. The van der Waals surface area contributed by atoms with Crippen LogP contribution >= 0.6 is 11.6 Å². The highest BCUT2D eigenvalue weighted by Crippen LogP contribution is 2.17. The van der Waals surface area contributed by atoms with Crippen molar-refractivity contribution in [3.8, 4) is 0 Å². The first-order valence-electron chi connectivity index (χ1n) is 5.27. The Morgan fingerprint density at radius 3 is 2.82 bits per heavy atom. The highest BCUT2D eigenvalue weighted by atomic mass is 35.5. The molecule has 0 aliphatic rings. The van der Waals surface area contributed by atoms with Crippen molar-refractivity contribution < 1.29 is 0 Å². The molecule has 3 rings (SSSR count). The smallest absolute Gasteiger partial charge is 0.116 e. The molecule has 0 aliphatic heterocycles. The molecule has 1 heterocycles. The molecule has 0 fully saturated rings. The fraction of sp³-hybridized carbons (Fsp3) is 0. The van der Waals surface area contributed by atoms with Crippen LogP contribution < -0.4 is 5.43 Å². The van der Waals surface area contributed by atoms with Crippen molar-refractivity contribution in [2.45, 2.75) is 0 Å². The first-order valence-corrected chi connectivity index (χ1v) is 5.65. The first kappa shape index (κ1) is 10.2. The van der Waals surface area contributed by atoms with E-state index in [1.54, 1.807) is 6.33 Å². The van der Waals surface area contributed by atoms with Crippen LogP contribution in [-0.2, 0) is 0 Å². The number of benzene rings is 2. The van der Waals surface area contributed by atoms with Crippen molar-refractivity contribution in [1.82, 2.24) is 9.66 Å². The number of hydrogen-bond acceptors (Lipinski definition) is 2. The van der Waals surface area contributed by atoms with Crippen LogP contribution in [0.25, 0.3) is 11.0 Å². The van der Waals surface area contributed by atoms with Crippen LogP contribution in [0, 0.1) is 0 Å². The summed E-state index contributed by atoms with van der Waals surface area (Å²) in [7, 11) is 0. The summed E-state index contributed by atoms with van der Waals surface area (Å²) in [4.78, 5) is 4.30. The SMILES string of the molecule is Clc1cccc(Nn2cnc3ccccc32)c1. The average molecular weight is 244 g/mol. The molecular formula is C13H10ClN3. The van der Waals surface area contributed by atoms with Gasteiger partial charge in [0.2, 0.25) is 0 Å². The minimum atomic E-state index is 0.708. The molecule has 0 saturated carbocycles. The summed E-state index contributed by atoms with van der Waals surface area (Å²) in [5.74, 6) is 0. The molecule has 3 aromatic rings. The number of halogens is 1. The van der Waals surface area contributed by atoms with Crippen LogP contribution in [0.2, 0.25) is 5.02 Å². The molecule has 0 atom stereocenters. The standard InChI is InChI=1S/C13H10ClN3/c14-10-4-3-5-11(8-10)16-17-9-15-12-6-1-2-7-13(12)17/h1-9,16H. The summed E-state index contributed by atoms with van der Waals surface area (Å²) in [6.45, 7) is 0. The zero-order valence-electron chi connectivity index (χ0n) is 8.97. The maximum Gasteiger partial charge on any atom is 0.116 e. The Morgan fingerprint density at radius 1 is 1.06 bits per heavy atom. The molecule has 0 aliphatic carbocycles. The molecule has 0 bridgehead atoms. The van der Waals surface area contributed by atoms with Gasteiger partial charge < -0.3 is 0 Å². The second kappa shape index (κ2) is 4.11. The average Bonchev–Trinajstić information content (AvgIpc) is 2.73. The summed E-state index contributed by atoms with van der Waals surface area (Å²) in [5, 5.41) is 0.708. The van der Waals surface area contributed by atoms with E-state index < -0.39 is 0 Å². The highest BCUT2D eigenvalue weighted by Gasteiger charge is 2.01. The minimum absolute atomic E-state index is 0.708. The third-order valence-electron chi connectivity index (χ3n) is 2.53. The zero-order chi connectivity index (χ0) is 11.7. The van der Waals surface area contributed by atoms with Crippen molar-refractivity contribution in [3.63, 3.8) is 0 Å². The van der Waals surface area contributed by atoms with Gasteiger partial charge in [-0.2, -0.15) is 0 Å². The van der Waals surface area contributed by atoms with Gasteiger partial charge in [-0.25, -0.2) is 9.66 Å². The van der Waals surface area contributed by atoms with Crippen LogP contribution in [0.5, 0.6) is 0 Å². The molecule has 1 aromatic heterocycles. The fourth-order valence-corrected chi connectivity index (χ4v) is 1.94. The van der Waals surface area contributed by atoms with E-state index >= 15 is 0 Å². The molecule has 4 heteroatoms. The monoisotopic (exact) mass is 243 g/mol. The fourth-order valence-electron chi connectivity index (χ4n) is 1.75. The number of fused-ring (bicyclic) bond motifs is 1. The Morgan fingerprint density at radius 2 is 1.94 bits per heavy atom. The summed E-state index contributed by atoms with van der Waals surface area (Å²) in [6.07, 6.45) is 1.76. The lowest BCUT2D eigenvalue weighted by Crippen LogP contribution is -2.06. The van der Waals surface area contributed by atoms with E-state index in [0.717, 1.165) is 16.7 Å². The molecule has 0 radical (unpaired) electrons. The van der Waals surface area contributed by atoms with Crippen LogP contribution in [0.15, 0.2) is 54.9 Å². The van der Waals surface area contributed by atoms with Gasteiger partial charge in [0, 0.05) is 5.02 Å². The lowest BCUT2D eigenvalue weighted by Gasteiger charge is -2.08. The molecule has 17 heavy (non-hydrogen) atoms. The Labute approximate surface area is 104 Å². The van der Waals surface area contributed by atoms with E-state index in [-0.39, 0.29) is 0 Å². The Balaban J connectivity index is 2.00. The number of nitrogens with zero attached hydrogens (tertiary/aromatic N) is 2. The predicted molar refractivity (Wildman–Crippen MR) is 70.2 cm³/mol. The van der Waals surface area contributed by atoms with Crippen LogP contribution in [0.3, 0.4) is 0 Å². The number of para-hydroxylation sites is 2.